The largest absolute Gasteiger partial charge is 0.421 e. The average Bonchev–Trinajstić information content (AvgIpc) is 3.13. The van der Waals surface area contributed by atoms with Crippen molar-refractivity contribution in [2.75, 3.05) is 36.9 Å². The van der Waals surface area contributed by atoms with Gasteiger partial charge in [-0.3, -0.25) is 9.78 Å². The predicted octanol–water partition coefficient (Wildman–Crippen LogP) is 2.43. The molecule has 5 rings (SSSR count). The molecular formula is C21H21F2N5O3. The smallest absolute Gasteiger partial charge is 0.293 e. The van der Waals surface area contributed by atoms with Gasteiger partial charge in [-0.05, 0) is 25.0 Å². The zero-order chi connectivity index (χ0) is 21.7. The minimum atomic E-state index is -0.739. The number of oxazole rings is 1. The molecule has 2 aliphatic rings. The number of carbonyl (C=O) groups is 1. The van der Waals surface area contributed by atoms with Crippen LogP contribution in [0.1, 0.15) is 24.1 Å². The first-order valence-electron chi connectivity index (χ1n) is 10.1. The number of rotatable bonds is 2. The van der Waals surface area contributed by atoms with Crippen LogP contribution in [-0.4, -0.2) is 53.1 Å². The maximum Gasteiger partial charge on any atom is 0.293 e. The third kappa shape index (κ3) is 3.36. The van der Waals surface area contributed by atoms with Gasteiger partial charge in [-0.15, -0.1) is 0 Å². The molecule has 0 saturated carbocycles. The highest BCUT2D eigenvalue weighted by Crippen LogP contribution is 2.34. The van der Waals surface area contributed by atoms with Crippen molar-refractivity contribution in [3.8, 4) is 0 Å². The maximum atomic E-state index is 14.4. The normalized spacial score (nSPS) is 21.4. The molecule has 1 fully saturated rings. The molecule has 8 nitrogen and oxygen atoms in total. The number of ether oxygens (including phenoxy) is 1. The molecule has 31 heavy (non-hydrogen) atoms. The summed E-state index contributed by atoms with van der Waals surface area (Å²) in [7, 11) is 0. The van der Waals surface area contributed by atoms with Crippen LogP contribution < -0.4 is 10.6 Å². The lowest BCUT2D eigenvalue weighted by molar-refractivity contribution is -0.147. The van der Waals surface area contributed by atoms with E-state index >= 15 is 0 Å². The van der Waals surface area contributed by atoms with E-state index in [-0.39, 0.29) is 18.5 Å². The van der Waals surface area contributed by atoms with Gasteiger partial charge in [-0.25, -0.2) is 8.78 Å². The molecule has 1 saturated heterocycles. The predicted molar refractivity (Wildman–Crippen MR) is 108 cm³/mol. The van der Waals surface area contributed by atoms with Crippen LogP contribution in [0.15, 0.2) is 28.9 Å². The van der Waals surface area contributed by atoms with Crippen LogP contribution in [0.2, 0.25) is 0 Å². The highest BCUT2D eigenvalue weighted by atomic mass is 19.1. The molecule has 0 radical (unpaired) electrons. The Kier molecular flexibility index (Phi) is 4.73. The zero-order valence-electron chi connectivity index (χ0n) is 16.8. The summed E-state index contributed by atoms with van der Waals surface area (Å²) in [4.78, 5) is 25.1. The first-order valence-corrected chi connectivity index (χ1v) is 10.1. The first kappa shape index (κ1) is 19.7. The molecule has 0 spiro atoms. The minimum absolute atomic E-state index is 0.0457. The van der Waals surface area contributed by atoms with E-state index in [1.54, 1.807) is 24.2 Å². The summed E-state index contributed by atoms with van der Waals surface area (Å²) in [6, 6.07) is 1.73. The van der Waals surface area contributed by atoms with Gasteiger partial charge in [-0.1, -0.05) is 0 Å². The topological polar surface area (TPSA) is 97.7 Å². The van der Waals surface area contributed by atoms with Gasteiger partial charge in [0.1, 0.15) is 22.8 Å². The standard InChI is InChI=1S/C21H21F2N5O3/c1-11-18-12(6-13(22)7-14(18)23)2-3-28(11)20(29)17-10-27(4-5-30-17)16-9-25-8-15-19(16)31-21(24)26-15/h6-9,11,17H,2-5,10H2,1H3,(H2,24,26)/t11-,17-/m1/s1. The van der Waals surface area contributed by atoms with Crippen molar-refractivity contribution < 1.29 is 22.7 Å². The zero-order valence-corrected chi connectivity index (χ0v) is 16.8. The maximum absolute atomic E-state index is 14.4. The summed E-state index contributed by atoms with van der Waals surface area (Å²) < 4.78 is 39.3. The van der Waals surface area contributed by atoms with Crippen LogP contribution in [0.5, 0.6) is 0 Å². The van der Waals surface area contributed by atoms with E-state index in [0.29, 0.717) is 54.0 Å². The molecule has 0 unspecified atom stereocenters. The first-order chi connectivity index (χ1) is 14.9. The Labute approximate surface area is 176 Å². The molecule has 2 aliphatic heterocycles. The van der Waals surface area contributed by atoms with Crippen molar-refractivity contribution in [2.24, 2.45) is 0 Å². The number of nitrogens with two attached hydrogens (primary N) is 1. The Balaban J connectivity index is 1.38. The summed E-state index contributed by atoms with van der Waals surface area (Å²) >= 11 is 0. The van der Waals surface area contributed by atoms with Crippen molar-refractivity contribution in [2.45, 2.75) is 25.5 Å². The number of hydrogen-bond donors (Lipinski definition) is 1. The van der Waals surface area contributed by atoms with Gasteiger partial charge in [0.05, 0.1) is 31.6 Å². The fourth-order valence-corrected chi connectivity index (χ4v) is 4.49. The van der Waals surface area contributed by atoms with Crippen LogP contribution in [0.4, 0.5) is 20.5 Å². The molecular weight excluding hydrogens is 408 g/mol. The molecule has 0 aliphatic carbocycles. The molecule has 4 heterocycles. The summed E-state index contributed by atoms with van der Waals surface area (Å²) in [6.07, 6.45) is 2.85. The van der Waals surface area contributed by atoms with Crippen molar-refractivity contribution in [3.05, 3.63) is 47.3 Å². The second-order valence-corrected chi connectivity index (χ2v) is 7.78. The Morgan fingerprint density at radius 2 is 2.10 bits per heavy atom. The van der Waals surface area contributed by atoms with Gasteiger partial charge in [0.2, 0.25) is 0 Å². The van der Waals surface area contributed by atoms with E-state index in [2.05, 4.69) is 9.97 Å². The van der Waals surface area contributed by atoms with Crippen molar-refractivity contribution >= 4 is 28.7 Å². The molecule has 1 amide bonds. The Hall–Kier alpha value is -3.27. The molecule has 0 bridgehead atoms. The van der Waals surface area contributed by atoms with Gasteiger partial charge in [0.25, 0.3) is 11.9 Å². The molecule has 2 atom stereocenters. The van der Waals surface area contributed by atoms with Crippen molar-refractivity contribution in [3.63, 3.8) is 0 Å². The second-order valence-electron chi connectivity index (χ2n) is 7.78. The second kappa shape index (κ2) is 7.45. The SMILES string of the molecule is C[C@@H]1c2c(F)cc(F)cc2CCN1C(=O)[C@H]1CN(c2cncc3nc(N)oc23)CCO1. The number of fused-ring (bicyclic) bond motifs is 2. The Morgan fingerprint density at radius 3 is 2.94 bits per heavy atom. The van der Waals surface area contributed by atoms with Gasteiger partial charge < -0.3 is 24.7 Å². The lowest BCUT2D eigenvalue weighted by Crippen LogP contribution is -2.53. The molecule has 2 aromatic heterocycles. The average molecular weight is 429 g/mol. The van der Waals surface area contributed by atoms with E-state index in [0.717, 1.165) is 6.07 Å². The number of aromatic nitrogens is 2. The van der Waals surface area contributed by atoms with E-state index in [1.807, 2.05) is 4.90 Å². The van der Waals surface area contributed by atoms with Crippen LogP contribution in [-0.2, 0) is 16.0 Å². The lowest BCUT2D eigenvalue weighted by Gasteiger charge is -2.40. The Morgan fingerprint density at radius 1 is 1.26 bits per heavy atom. The number of nitrogen functional groups attached to an aromatic ring is 1. The van der Waals surface area contributed by atoms with Crippen LogP contribution in [0, 0.1) is 11.6 Å². The van der Waals surface area contributed by atoms with Gasteiger partial charge in [-0.2, -0.15) is 4.98 Å². The highest BCUT2D eigenvalue weighted by molar-refractivity contribution is 5.88. The summed E-state index contributed by atoms with van der Waals surface area (Å²) in [5.74, 6) is -1.47. The van der Waals surface area contributed by atoms with Crippen LogP contribution in [0.3, 0.4) is 0 Å². The lowest BCUT2D eigenvalue weighted by atomic mass is 9.92. The van der Waals surface area contributed by atoms with E-state index < -0.39 is 23.8 Å². The third-order valence-electron chi connectivity index (χ3n) is 5.95. The monoisotopic (exact) mass is 429 g/mol. The molecule has 10 heteroatoms. The molecule has 2 N–H and O–H groups in total. The third-order valence-corrected chi connectivity index (χ3v) is 5.95. The van der Waals surface area contributed by atoms with Crippen molar-refractivity contribution in [1.82, 2.24) is 14.9 Å². The number of nitrogens with zero attached hydrogens (tertiary/aromatic N) is 4. The van der Waals surface area contributed by atoms with E-state index in [4.69, 9.17) is 14.9 Å². The highest BCUT2D eigenvalue weighted by Gasteiger charge is 2.37. The summed E-state index contributed by atoms with van der Waals surface area (Å²) in [5, 5.41) is 0. The number of pyridine rings is 1. The van der Waals surface area contributed by atoms with Crippen molar-refractivity contribution in [1.29, 1.82) is 0 Å². The van der Waals surface area contributed by atoms with Crippen LogP contribution >= 0.6 is 0 Å². The fourth-order valence-electron chi connectivity index (χ4n) is 4.49. The molecule has 3 aromatic rings. The minimum Gasteiger partial charge on any atom is -0.421 e. The summed E-state index contributed by atoms with van der Waals surface area (Å²) in [6.45, 7) is 3.26. The Bertz CT molecular complexity index is 1170. The number of benzene rings is 1. The van der Waals surface area contributed by atoms with E-state index in [1.165, 1.54) is 6.07 Å². The number of halogens is 2. The van der Waals surface area contributed by atoms with Gasteiger partial charge in [0, 0.05) is 24.7 Å². The van der Waals surface area contributed by atoms with Gasteiger partial charge in [0.15, 0.2) is 11.7 Å². The number of morpholine rings is 1. The number of hydrogen-bond acceptors (Lipinski definition) is 7. The van der Waals surface area contributed by atoms with Crippen LogP contribution in [0.25, 0.3) is 11.1 Å². The van der Waals surface area contributed by atoms with E-state index in [9.17, 15) is 13.6 Å². The number of anilines is 2. The molecule has 162 valence electrons. The quantitative estimate of drug-likeness (QED) is 0.668. The number of amides is 1. The fraction of sp³-hybridized carbons (Fsp3) is 0.381. The summed E-state index contributed by atoms with van der Waals surface area (Å²) in [5.41, 5.74) is 8.36. The molecule has 1 aromatic carbocycles. The van der Waals surface area contributed by atoms with Gasteiger partial charge >= 0.3 is 0 Å². The number of carbonyl (C=O) groups excluding carboxylic acids is 1.